The number of ether oxygens (including phenoxy) is 1. The van der Waals surface area contributed by atoms with Gasteiger partial charge in [0.25, 0.3) is 0 Å². The summed E-state index contributed by atoms with van der Waals surface area (Å²) in [4.78, 5) is -0.301. The molecule has 0 N–H and O–H groups in total. The van der Waals surface area contributed by atoms with Crippen molar-refractivity contribution in [2.45, 2.75) is 122 Å². The Balaban J connectivity index is 1.53. The molecule has 4 saturated carbocycles. The second kappa shape index (κ2) is 8.96. The first-order valence-electron chi connectivity index (χ1n) is 13.4. The van der Waals surface area contributed by atoms with Crippen molar-refractivity contribution in [3.05, 3.63) is 0 Å². The molecule has 180 valence electrons. The van der Waals surface area contributed by atoms with Crippen LogP contribution < -0.4 is 0 Å². The van der Waals surface area contributed by atoms with E-state index in [0.29, 0.717) is 5.41 Å². The van der Waals surface area contributed by atoms with Crippen LogP contribution in [0.25, 0.3) is 0 Å². The lowest BCUT2D eigenvalue weighted by Crippen LogP contribution is -2.65. The SMILES string of the molecule is CO[C@H]1CC[C@]2(C)[C@H]3CC[C@]4(C)[C@@H]([C@H](C)CCCC(C)C)CC[C@H]4[C@@H]3C[C@@H](Cl)[C@@]2(Cl)C1. The van der Waals surface area contributed by atoms with Crippen LogP contribution >= 0.6 is 23.2 Å². The monoisotopic (exact) mass is 470 g/mol. The topological polar surface area (TPSA) is 9.23 Å². The number of alkyl halides is 2. The molecular formula is C28H48Cl2O. The molecule has 0 amide bonds. The lowest BCUT2D eigenvalue weighted by Gasteiger charge is -2.65. The third-order valence-electron chi connectivity index (χ3n) is 11.2. The molecule has 0 aliphatic heterocycles. The standard InChI is InChI=1S/C28H48Cl2O/c1-18(2)8-7-9-19(3)22-10-11-23-21-16-25(29)28(30)17-20(31-6)12-15-27(28,5)24(21)13-14-26(22,23)4/h18-25H,7-17H2,1-6H3/t19-,20+,21+,22-,23+,24+,25-,26-,27-,28+/m1/s1. The molecule has 31 heavy (non-hydrogen) atoms. The zero-order chi connectivity index (χ0) is 22.6. The molecule has 1 nitrogen and oxygen atoms in total. The molecule has 4 rings (SSSR count). The van der Waals surface area contributed by atoms with Crippen LogP contribution in [-0.4, -0.2) is 23.5 Å². The van der Waals surface area contributed by atoms with E-state index in [-0.39, 0.29) is 21.8 Å². The summed E-state index contributed by atoms with van der Waals surface area (Å²) in [6, 6.07) is 0. The molecule has 0 unspecified atom stereocenters. The van der Waals surface area contributed by atoms with Crippen LogP contribution in [0.3, 0.4) is 0 Å². The normalized spacial score (nSPS) is 50.6. The lowest BCUT2D eigenvalue weighted by molar-refractivity contribution is -0.120. The first kappa shape index (κ1) is 24.7. The van der Waals surface area contributed by atoms with E-state index in [1.807, 2.05) is 7.11 Å². The van der Waals surface area contributed by atoms with Crippen molar-refractivity contribution in [1.29, 1.82) is 0 Å². The predicted molar refractivity (Wildman–Crippen MR) is 134 cm³/mol. The largest absolute Gasteiger partial charge is 0.381 e. The van der Waals surface area contributed by atoms with Gasteiger partial charge in [-0.05, 0) is 97.7 Å². The van der Waals surface area contributed by atoms with Crippen LogP contribution in [0.15, 0.2) is 0 Å². The zero-order valence-corrected chi connectivity index (χ0v) is 22.6. The highest BCUT2D eigenvalue weighted by Crippen LogP contribution is 2.71. The number of hydrogen-bond acceptors (Lipinski definition) is 1. The predicted octanol–water partition coefficient (Wildman–Crippen LogP) is 8.70. The van der Waals surface area contributed by atoms with E-state index in [1.165, 1.54) is 51.4 Å². The van der Waals surface area contributed by atoms with Gasteiger partial charge in [-0.2, -0.15) is 0 Å². The highest BCUT2D eigenvalue weighted by Gasteiger charge is 2.67. The summed E-state index contributed by atoms with van der Waals surface area (Å²) in [5, 5.41) is 0.0724. The van der Waals surface area contributed by atoms with Crippen LogP contribution in [-0.2, 0) is 4.74 Å². The number of halogens is 2. The van der Waals surface area contributed by atoms with Crippen molar-refractivity contribution in [3.63, 3.8) is 0 Å². The molecule has 0 aromatic rings. The zero-order valence-electron chi connectivity index (χ0n) is 21.1. The van der Waals surface area contributed by atoms with Gasteiger partial charge in [-0.1, -0.05) is 53.9 Å². The Bertz CT molecular complexity index is 637. The quantitative estimate of drug-likeness (QED) is 0.352. The molecule has 4 aliphatic rings. The Labute approximate surface area is 202 Å². The Kier molecular flexibility index (Phi) is 7.13. The van der Waals surface area contributed by atoms with E-state index in [1.54, 1.807) is 0 Å². The number of methoxy groups -OCH3 is 1. The molecule has 10 atom stereocenters. The van der Waals surface area contributed by atoms with Gasteiger partial charge in [-0.15, -0.1) is 23.2 Å². The molecule has 4 aliphatic carbocycles. The highest BCUT2D eigenvalue weighted by molar-refractivity contribution is 6.33. The fraction of sp³-hybridized carbons (Fsp3) is 1.00. The Morgan fingerprint density at radius 1 is 0.968 bits per heavy atom. The Hall–Kier alpha value is 0.540. The molecule has 0 aromatic carbocycles. The van der Waals surface area contributed by atoms with Gasteiger partial charge in [0, 0.05) is 7.11 Å². The molecule has 0 spiro atoms. The van der Waals surface area contributed by atoms with Gasteiger partial charge in [-0.25, -0.2) is 0 Å². The van der Waals surface area contributed by atoms with E-state index >= 15 is 0 Å². The van der Waals surface area contributed by atoms with Crippen LogP contribution in [0, 0.1) is 46.3 Å². The third-order valence-corrected chi connectivity index (χ3v) is 12.7. The van der Waals surface area contributed by atoms with Gasteiger partial charge in [0.1, 0.15) is 0 Å². The van der Waals surface area contributed by atoms with Crippen molar-refractivity contribution >= 4 is 23.2 Å². The maximum Gasteiger partial charge on any atom is 0.0690 e. The minimum Gasteiger partial charge on any atom is -0.381 e. The summed E-state index contributed by atoms with van der Waals surface area (Å²) < 4.78 is 5.76. The van der Waals surface area contributed by atoms with Crippen molar-refractivity contribution < 1.29 is 4.74 Å². The molecule has 4 fully saturated rings. The highest BCUT2D eigenvalue weighted by atomic mass is 35.5. The second-order valence-electron chi connectivity index (χ2n) is 13.0. The van der Waals surface area contributed by atoms with Crippen molar-refractivity contribution in [2.24, 2.45) is 46.3 Å². The number of fused-ring (bicyclic) bond motifs is 5. The summed E-state index contributed by atoms with van der Waals surface area (Å²) in [5.74, 6) is 4.96. The van der Waals surface area contributed by atoms with Crippen molar-refractivity contribution in [1.82, 2.24) is 0 Å². The Morgan fingerprint density at radius 3 is 2.39 bits per heavy atom. The smallest absolute Gasteiger partial charge is 0.0690 e. The van der Waals surface area contributed by atoms with E-state index in [2.05, 4.69) is 34.6 Å². The molecule has 0 aromatic heterocycles. The van der Waals surface area contributed by atoms with Gasteiger partial charge >= 0.3 is 0 Å². The fourth-order valence-electron chi connectivity index (χ4n) is 9.37. The van der Waals surface area contributed by atoms with Crippen LogP contribution in [0.4, 0.5) is 0 Å². The molecule has 0 bridgehead atoms. The molecule has 0 radical (unpaired) electrons. The summed E-state index contributed by atoms with van der Waals surface area (Å²) in [6.45, 7) is 12.5. The summed E-state index contributed by atoms with van der Waals surface area (Å²) in [7, 11) is 1.84. The minimum absolute atomic E-state index is 0.0724. The van der Waals surface area contributed by atoms with E-state index < -0.39 is 0 Å². The van der Waals surface area contributed by atoms with Crippen molar-refractivity contribution in [3.8, 4) is 0 Å². The fourth-order valence-corrected chi connectivity index (χ4v) is 10.4. The maximum atomic E-state index is 7.49. The van der Waals surface area contributed by atoms with Crippen LogP contribution in [0.5, 0.6) is 0 Å². The van der Waals surface area contributed by atoms with Crippen LogP contribution in [0.2, 0.25) is 0 Å². The second-order valence-corrected chi connectivity index (χ2v) is 14.2. The maximum absolute atomic E-state index is 7.49. The lowest BCUT2D eigenvalue weighted by atomic mass is 9.44. The van der Waals surface area contributed by atoms with E-state index in [0.717, 1.165) is 54.8 Å². The average molecular weight is 472 g/mol. The molecular weight excluding hydrogens is 423 g/mol. The Morgan fingerprint density at radius 2 is 1.71 bits per heavy atom. The van der Waals surface area contributed by atoms with Gasteiger partial charge in [0.15, 0.2) is 0 Å². The average Bonchev–Trinajstić information content (AvgIpc) is 3.06. The minimum atomic E-state index is -0.301. The van der Waals surface area contributed by atoms with Crippen molar-refractivity contribution in [2.75, 3.05) is 7.11 Å². The third kappa shape index (κ3) is 3.93. The molecule has 3 heteroatoms. The summed E-state index contributed by atoms with van der Waals surface area (Å²) >= 11 is 14.7. The van der Waals surface area contributed by atoms with Crippen LogP contribution in [0.1, 0.15) is 105 Å². The van der Waals surface area contributed by atoms with E-state index in [9.17, 15) is 0 Å². The van der Waals surface area contributed by atoms with Gasteiger partial charge in [-0.3, -0.25) is 0 Å². The van der Waals surface area contributed by atoms with Gasteiger partial charge in [0.2, 0.25) is 0 Å². The molecule has 0 saturated heterocycles. The van der Waals surface area contributed by atoms with E-state index in [4.69, 9.17) is 27.9 Å². The summed E-state index contributed by atoms with van der Waals surface area (Å²) in [6.07, 6.45) is 14.5. The molecule has 0 heterocycles. The summed E-state index contributed by atoms with van der Waals surface area (Å²) in [5.41, 5.74) is 0.669. The first-order chi connectivity index (χ1) is 14.6. The van der Waals surface area contributed by atoms with Gasteiger partial charge < -0.3 is 4.74 Å². The van der Waals surface area contributed by atoms with Gasteiger partial charge in [0.05, 0.1) is 16.4 Å². The number of hydrogen-bond donors (Lipinski definition) is 0. The number of rotatable bonds is 6. The first-order valence-corrected chi connectivity index (χ1v) is 14.2.